The van der Waals surface area contributed by atoms with Gasteiger partial charge in [-0.2, -0.15) is 0 Å². The highest BCUT2D eigenvalue weighted by Gasteiger charge is 2.37. The lowest BCUT2D eigenvalue weighted by Gasteiger charge is -2.32. The molecule has 1 N–H and O–H groups in total. The van der Waals surface area contributed by atoms with E-state index in [9.17, 15) is 14.4 Å². The Balaban J connectivity index is 2.63. The van der Waals surface area contributed by atoms with Crippen LogP contribution in [0.25, 0.3) is 5.70 Å². The largest absolute Gasteiger partial charge is 0.462 e. The Morgan fingerprint density at radius 2 is 1.74 bits per heavy atom. The summed E-state index contributed by atoms with van der Waals surface area (Å²) in [6.07, 6.45) is 1.86. The summed E-state index contributed by atoms with van der Waals surface area (Å²) >= 11 is 2.46. The van der Waals surface area contributed by atoms with Crippen LogP contribution in [0.2, 0.25) is 0 Å². The Labute approximate surface area is 193 Å². The van der Waals surface area contributed by atoms with E-state index in [0.717, 1.165) is 11.3 Å². The normalized spacial score (nSPS) is 16.2. The first-order chi connectivity index (χ1) is 14.9. The Kier molecular flexibility index (Phi) is 10.4. The second-order valence-electron chi connectivity index (χ2n) is 7.06. The van der Waals surface area contributed by atoms with Crippen molar-refractivity contribution in [3.8, 4) is 0 Å². The van der Waals surface area contributed by atoms with Crippen LogP contribution in [0.5, 0.6) is 0 Å². The zero-order valence-electron chi connectivity index (χ0n) is 18.7. The lowest BCUT2D eigenvalue weighted by Crippen LogP contribution is -2.33. The number of dihydropyridines is 1. The van der Waals surface area contributed by atoms with E-state index in [4.69, 9.17) is 4.74 Å². The van der Waals surface area contributed by atoms with E-state index in [0.29, 0.717) is 54.2 Å². The molecule has 168 valence electrons. The van der Waals surface area contributed by atoms with Gasteiger partial charge in [0.15, 0.2) is 5.12 Å². The molecule has 1 aromatic rings. The summed E-state index contributed by atoms with van der Waals surface area (Å²) in [7, 11) is 0. The fourth-order valence-electron chi connectivity index (χ4n) is 3.53. The SMILES string of the molecule is CCCOC(=O)C1=C(c2ccccc2)NC(CC)=C(C(=O)SCC)C1CCSC(C)=O. The van der Waals surface area contributed by atoms with E-state index < -0.39 is 11.9 Å². The molecule has 5 nitrogen and oxygen atoms in total. The molecule has 0 spiro atoms. The molecule has 7 heteroatoms. The van der Waals surface area contributed by atoms with Crippen LogP contribution in [0.3, 0.4) is 0 Å². The molecule has 0 aromatic heterocycles. The zero-order valence-corrected chi connectivity index (χ0v) is 20.3. The first kappa shape index (κ1) is 25.3. The molecule has 31 heavy (non-hydrogen) atoms. The minimum atomic E-state index is -0.422. The van der Waals surface area contributed by atoms with Gasteiger partial charge in [-0.3, -0.25) is 9.59 Å². The van der Waals surface area contributed by atoms with Crippen molar-refractivity contribution < 1.29 is 19.1 Å². The standard InChI is InChI=1S/C24H31NO4S2/c1-5-14-29-23(27)21-18(13-15-31-16(4)26)20(24(28)30-7-3)19(6-2)25-22(21)17-11-9-8-10-12-17/h8-12,18,25H,5-7,13-15H2,1-4H3. The molecule has 1 heterocycles. The molecule has 0 saturated carbocycles. The zero-order chi connectivity index (χ0) is 22.8. The fraction of sp³-hybridized carbons (Fsp3) is 0.458. The predicted octanol–water partition coefficient (Wildman–Crippen LogP) is 5.18. The van der Waals surface area contributed by atoms with Gasteiger partial charge in [-0.25, -0.2) is 4.79 Å². The molecule has 1 aliphatic heterocycles. The number of rotatable bonds is 10. The van der Waals surface area contributed by atoms with Gasteiger partial charge in [0.25, 0.3) is 0 Å². The second kappa shape index (κ2) is 12.8. The van der Waals surface area contributed by atoms with Crippen molar-refractivity contribution in [3.05, 3.63) is 52.7 Å². The molecule has 1 aromatic carbocycles. The van der Waals surface area contributed by atoms with Gasteiger partial charge in [0, 0.05) is 29.9 Å². The summed E-state index contributed by atoms with van der Waals surface area (Å²) in [5.74, 6) is 0.346. The van der Waals surface area contributed by atoms with Crippen molar-refractivity contribution >= 4 is 45.4 Å². The molecule has 1 atom stereocenters. The monoisotopic (exact) mass is 461 g/mol. The van der Waals surface area contributed by atoms with Crippen molar-refractivity contribution in [2.45, 2.75) is 47.0 Å². The molecule has 1 unspecified atom stereocenters. The maximum Gasteiger partial charge on any atom is 0.336 e. The van der Waals surface area contributed by atoms with Crippen LogP contribution in [0.15, 0.2) is 47.2 Å². The van der Waals surface area contributed by atoms with Gasteiger partial charge in [-0.15, -0.1) is 0 Å². The highest BCUT2D eigenvalue weighted by molar-refractivity contribution is 8.14. The van der Waals surface area contributed by atoms with Gasteiger partial charge in [0.2, 0.25) is 5.12 Å². The van der Waals surface area contributed by atoms with Gasteiger partial charge in [-0.1, -0.05) is 74.6 Å². The number of hydrogen-bond acceptors (Lipinski definition) is 7. The van der Waals surface area contributed by atoms with Crippen molar-refractivity contribution in [1.29, 1.82) is 0 Å². The topological polar surface area (TPSA) is 72.5 Å². The molecular formula is C24H31NO4S2. The van der Waals surface area contributed by atoms with Crippen molar-refractivity contribution in [1.82, 2.24) is 5.32 Å². The van der Waals surface area contributed by atoms with E-state index in [1.54, 1.807) is 0 Å². The number of carbonyl (C=O) groups is 3. The van der Waals surface area contributed by atoms with E-state index in [1.807, 2.05) is 51.1 Å². The Morgan fingerprint density at radius 3 is 2.32 bits per heavy atom. The smallest absolute Gasteiger partial charge is 0.336 e. The summed E-state index contributed by atoms with van der Waals surface area (Å²) in [5.41, 5.74) is 3.49. The van der Waals surface area contributed by atoms with Gasteiger partial charge >= 0.3 is 5.97 Å². The van der Waals surface area contributed by atoms with E-state index in [1.165, 1.54) is 30.4 Å². The minimum Gasteiger partial charge on any atom is -0.462 e. The number of carbonyl (C=O) groups excluding carboxylic acids is 3. The average molecular weight is 462 g/mol. The third-order valence-electron chi connectivity index (χ3n) is 4.85. The maximum atomic E-state index is 13.2. The van der Waals surface area contributed by atoms with Crippen LogP contribution in [0.1, 0.15) is 52.5 Å². The lowest BCUT2D eigenvalue weighted by molar-refractivity contribution is -0.139. The molecule has 0 amide bonds. The number of hydrogen-bond donors (Lipinski definition) is 1. The van der Waals surface area contributed by atoms with Gasteiger partial charge < -0.3 is 10.1 Å². The number of thioether (sulfide) groups is 2. The van der Waals surface area contributed by atoms with Gasteiger partial charge in [0.1, 0.15) is 0 Å². The van der Waals surface area contributed by atoms with Crippen LogP contribution < -0.4 is 5.32 Å². The van der Waals surface area contributed by atoms with Crippen molar-refractivity contribution in [3.63, 3.8) is 0 Å². The number of ether oxygens (including phenoxy) is 1. The van der Waals surface area contributed by atoms with E-state index >= 15 is 0 Å². The molecule has 0 saturated heterocycles. The molecule has 0 radical (unpaired) electrons. The van der Waals surface area contributed by atoms with Crippen molar-refractivity contribution in [2.24, 2.45) is 5.92 Å². The minimum absolute atomic E-state index is 0.0202. The maximum absolute atomic E-state index is 13.2. The number of allylic oxidation sites excluding steroid dienone is 1. The van der Waals surface area contributed by atoms with Gasteiger partial charge in [-0.05, 0) is 30.6 Å². The average Bonchev–Trinajstić information content (AvgIpc) is 2.76. The van der Waals surface area contributed by atoms with E-state index in [-0.39, 0.29) is 10.2 Å². The summed E-state index contributed by atoms with van der Waals surface area (Å²) in [6, 6.07) is 9.65. The molecule has 1 aliphatic rings. The number of benzene rings is 1. The van der Waals surface area contributed by atoms with Crippen LogP contribution in [-0.2, 0) is 19.1 Å². The van der Waals surface area contributed by atoms with Crippen LogP contribution in [0.4, 0.5) is 0 Å². The second-order valence-corrected chi connectivity index (χ2v) is 9.57. The summed E-state index contributed by atoms with van der Waals surface area (Å²) in [4.78, 5) is 37.9. The predicted molar refractivity (Wildman–Crippen MR) is 129 cm³/mol. The highest BCUT2D eigenvalue weighted by Crippen LogP contribution is 2.40. The van der Waals surface area contributed by atoms with Crippen LogP contribution >= 0.6 is 23.5 Å². The van der Waals surface area contributed by atoms with Crippen LogP contribution in [0, 0.1) is 5.92 Å². The van der Waals surface area contributed by atoms with Gasteiger partial charge in [0.05, 0.1) is 17.9 Å². The number of nitrogens with one attached hydrogen (secondary N) is 1. The highest BCUT2D eigenvalue weighted by atomic mass is 32.2. The third-order valence-corrected chi connectivity index (χ3v) is 6.46. The summed E-state index contributed by atoms with van der Waals surface area (Å²) in [6.45, 7) is 7.73. The fourth-order valence-corrected chi connectivity index (χ4v) is 4.85. The first-order valence-electron chi connectivity index (χ1n) is 10.7. The quantitative estimate of drug-likeness (QED) is 0.481. The summed E-state index contributed by atoms with van der Waals surface area (Å²) in [5, 5.41) is 3.39. The Morgan fingerprint density at radius 1 is 1.03 bits per heavy atom. The third kappa shape index (κ3) is 6.74. The van der Waals surface area contributed by atoms with Crippen LogP contribution in [-0.4, -0.2) is 34.3 Å². The number of esters is 1. The summed E-state index contributed by atoms with van der Waals surface area (Å²) < 4.78 is 5.55. The molecule has 0 bridgehead atoms. The Hall–Kier alpha value is -1.99. The molecule has 2 rings (SSSR count). The van der Waals surface area contributed by atoms with E-state index in [2.05, 4.69) is 5.32 Å². The molecule has 0 fully saturated rings. The molecule has 0 aliphatic carbocycles. The van der Waals surface area contributed by atoms with Crippen molar-refractivity contribution in [2.75, 3.05) is 18.1 Å². The molecular weight excluding hydrogens is 430 g/mol. The lowest BCUT2D eigenvalue weighted by atomic mass is 9.82. The Bertz CT molecular complexity index is 862. The first-order valence-corrected chi connectivity index (χ1v) is 12.7.